The van der Waals surface area contributed by atoms with Gasteiger partial charge in [-0.3, -0.25) is 19.3 Å². The fraction of sp³-hybridized carbons (Fsp3) is 0.400. The second kappa shape index (κ2) is 9.34. The van der Waals surface area contributed by atoms with Crippen LogP contribution in [0.15, 0.2) is 58.4 Å². The number of carboxylic acids is 1. The summed E-state index contributed by atoms with van der Waals surface area (Å²) in [6, 6.07) is 14.9. The smallest absolute Gasteiger partial charge is 0.326 e. The number of aryl methyl sites for hydroxylation is 1. The van der Waals surface area contributed by atoms with Gasteiger partial charge in [0.1, 0.15) is 18.4 Å². The van der Waals surface area contributed by atoms with Crippen LogP contribution in [-0.4, -0.2) is 44.1 Å². The molecule has 2 bridgehead atoms. The van der Waals surface area contributed by atoms with Crippen LogP contribution in [0, 0.1) is 36.5 Å². The van der Waals surface area contributed by atoms with Gasteiger partial charge in [-0.05, 0) is 66.8 Å². The summed E-state index contributed by atoms with van der Waals surface area (Å²) in [5.41, 5.74) is 3.34. The number of aliphatic carboxylic acids is 1. The highest BCUT2D eigenvalue weighted by Crippen LogP contribution is 2.68. The van der Waals surface area contributed by atoms with Crippen molar-refractivity contribution in [2.45, 2.75) is 49.1 Å². The molecule has 40 heavy (non-hydrogen) atoms. The summed E-state index contributed by atoms with van der Waals surface area (Å²) in [5.74, 6) is -2.25. The number of hydrogen-bond donors (Lipinski definition) is 2. The van der Waals surface area contributed by atoms with Gasteiger partial charge in [0.25, 0.3) is 0 Å². The Bertz CT molecular complexity index is 1600. The lowest BCUT2D eigenvalue weighted by atomic mass is 9.68. The molecule has 4 aliphatic rings. The van der Waals surface area contributed by atoms with E-state index < -0.39 is 23.8 Å². The predicted molar refractivity (Wildman–Crippen MR) is 149 cm³/mol. The van der Waals surface area contributed by atoms with Gasteiger partial charge < -0.3 is 14.8 Å². The molecule has 1 saturated heterocycles. The zero-order chi connectivity index (χ0) is 27.9. The number of ether oxygens (including phenoxy) is 1. The van der Waals surface area contributed by atoms with E-state index in [0.717, 1.165) is 38.1 Å². The number of aromatic nitrogens is 1. The molecule has 2 amide bonds. The van der Waals surface area contributed by atoms with Gasteiger partial charge in [0, 0.05) is 16.0 Å². The molecule has 2 aromatic carbocycles. The minimum atomic E-state index is -1.18. The van der Waals surface area contributed by atoms with Crippen molar-refractivity contribution in [1.82, 2.24) is 9.88 Å². The summed E-state index contributed by atoms with van der Waals surface area (Å²) in [7, 11) is 0. The fourth-order valence-corrected chi connectivity index (χ4v) is 10.5. The standard InChI is InChI=1S/C30H28N2O6S2/c1-13-5-3-4-6-16(13)12-38-17-9-7-15(8-10-17)20-21-18-11-19(24(21)39-26-25(20)40-30(37)31-26)23-22(18)27(33)32(28(23)34)14(2)29(35)36/h3-10,14,18-24H,11-12H2,1-2H3,(H,31,37)(H,35,36)/t14?,18?,19?,20-,21?,22?,23?,24?/m1/s1. The number of thiazole rings is 1. The zero-order valence-electron chi connectivity index (χ0n) is 21.9. The maximum Gasteiger partial charge on any atom is 0.326 e. The van der Waals surface area contributed by atoms with Gasteiger partial charge in [-0.1, -0.05) is 47.7 Å². The van der Waals surface area contributed by atoms with Crippen molar-refractivity contribution in [2.75, 3.05) is 0 Å². The van der Waals surface area contributed by atoms with Crippen molar-refractivity contribution in [3.8, 4) is 5.75 Å². The number of carbonyl (C=O) groups excluding carboxylic acids is 2. The average Bonchev–Trinajstić information content (AvgIpc) is 3.67. The number of benzene rings is 2. The Kier molecular flexibility index (Phi) is 5.98. The third-order valence-corrected chi connectivity index (χ3v) is 12.0. The van der Waals surface area contributed by atoms with Crippen LogP contribution in [0.5, 0.6) is 5.75 Å². The zero-order valence-corrected chi connectivity index (χ0v) is 23.5. The maximum absolute atomic E-state index is 13.5. The summed E-state index contributed by atoms with van der Waals surface area (Å²) < 4.78 is 6.07. The molecule has 10 heteroatoms. The third-order valence-electron chi connectivity index (χ3n) is 9.40. The first-order valence-corrected chi connectivity index (χ1v) is 15.2. The van der Waals surface area contributed by atoms with Crippen LogP contribution in [0.2, 0.25) is 0 Å². The molecule has 7 unspecified atom stereocenters. The molecule has 3 fully saturated rings. The van der Waals surface area contributed by atoms with Gasteiger partial charge in [-0.15, -0.1) is 11.8 Å². The van der Waals surface area contributed by atoms with Crippen molar-refractivity contribution in [1.29, 1.82) is 0 Å². The van der Waals surface area contributed by atoms with Crippen LogP contribution >= 0.6 is 23.1 Å². The number of nitrogens with one attached hydrogen (secondary N) is 1. The van der Waals surface area contributed by atoms with Crippen molar-refractivity contribution < 1.29 is 24.2 Å². The first kappa shape index (κ1) is 25.6. The number of carboxylic acid groups (broad SMARTS) is 1. The quantitative estimate of drug-likeness (QED) is 0.421. The van der Waals surface area contributed by atoms with Gasteiger partial charge >= 0.3 is 10.8 Å². The number of thioether (sulfide) groups is 1. The van der Waals surface area contributed by atoms with Crippen molar-refractivity contribution in [3.05, 3.63) is 79.8 Å². The fourth-order valence-electron chi connectivity index (χ4n) is 7.61. The number of carbonyl (C=O) groups is 3. The molecule has 2 aliphatic heterocycles. The molecule has 0 spiro atoms. The molecule has 2 saturated carbocycles. The van der Waals surface area contributed by atoms with E-state index in [4.69, 9.17) is 4.74 Å². The summed E-state index contributed by atoms with van der Waals surface area (Å²) >= 11 is 2.84. The molecule has 7 rings (SSSR count). The summed E-state index contributed by atoms with van der Waals surface area (Å²) in [4.78, 5) is 55.9. The van der Waals surface area contributed by atoms with E-state index in [1.165, 1.54) is 23.8 Å². The van der Waals surface area contributed by atoms with Gasteiger partial charge in [0.15, 0.2) is 0 Å². The molecule has 1 aromatic heterocycles. The van der Waals surface area contributed by atoms with Crippen LogP contribution in [0.3, 0.4) is 0 Å². The molecule has 3 heterocycles. The maximum atomic E-state index is 13.5. The molecule has 0 radical (unpaired) electrons. The van der Waals surface area contributed by atoms with Crippen LogP contribution in [0.25, 0.3) is 0 Å². The molecule has 2 N–H and O–H groups in total. The summed E-state index contributed by atoms with van der Waals surface area (Å²) in [6.07, 6.45) is 0.762. The highest BCUT2D eigenvalue weighted by molar-refractivity contribution is 8.00. The van der Waals surface area contributed by atoms with E-state index in [9.17, 15) is 24.3 Å². The molecule has 206 valence electrons. The number of fused-ring (bicyclic) bond motifs is 9. The van der Waals surface area contributed by atoms with Crippen LogP contribution in [0.4, 0.5) is 0 Å². The Balaban J connectivity index is 1.21. The third kappa shape index (κ3) is 3.72. The van der Waals surface area contributed by atoms with Crippen molar-refractivity contribution >= 4 is 40.9 Å². The average molecular weight is 577 g/mol. The van der Waals surface area contributed by atoms with E-state index >= 15 is 0 Å². The number of likely N-dealkylation sites (tertiary alicyclic amines) is 1. The molecule has 3 aromatic rings. The number of hydrogen-bond acceptors (Lipinski definition) is 7. The van der Waals surface area contributed by atoms with Crippen LogP contribution in [0.1, 0.15) is 40.8 Å². The van der Waals surface area contributed by atoms with Crippen molar-refractivity contribution in [3.63, 3.8) is 0 Å². The minimum absolute atomic E-state index is 0.0387. The first-order valence-electron chi connectivity index (χ1n) is 13.5. The van der Waals surface area contributed by atoms with Gasteiger partial charge in [-0.2, -0.15) is 0 Å². The predicted octanol–water partition coefficient (Wildman–Crippen LogP) is 4.27. The number of rotatable bonds is 6. The number of amides is 2. The van der Waals surface area contributed by atoms with Crippen LogP contribution in [-0.2, 0) is 21.0 Å². The van der Waals surface area contributed by atoms with Crippen LogP contribution < -0.4 is 9.61 Å². The Morgan fingerprint density at radius 3 is 2.48 bits per heavy atom. The second-order valence-corrected chi connectivity index (χ2v) is 13.5. The number of imide groups is 1. The molecular formula is C30H28N2O6S2. The normalized spacial score (nSPS) is 30.6. The molecule has 8 nitrogen and oxygen atoms in total. The Hall–Kier alpha value is -3.37. The Labute approximate surface area is 238 Å². The largest absolute Gasteiger partial charge is 0.489 e. The van der Waals surface area contributed by atoms with Gasteiger partial charge in [-0.25, -0.2) is 4.79 Å². The highest BCUT2D eigenvalue weighted by Gasteiger charge is 2.70. The second-order valence-electron chi connectivity index (χ2n) is 11.3. The number of H-pyrrole nitrogens is 1. The summed E-state index contributed by atoms with van der Waals surface area (Å²) in [5, 5.41) is 10.5. The van der Waals surface area contributed by atoms with Crippen molar-refractivity contribution in [2.24, 2.45) is 29.6 Å². The lowest BCUT2D eigenvalue weighted by Gasteiger charge is -2.43. The highest BCUT2D eigenvalue weighted by atomic mass is 32.2. The van der Waals surface area contributed by atoms with E-state index in [2.05, 4.69) is 24.0 Å². The SMILES string of the molecule is Cc1ccccc1COc1ccc([C@H]2c3sc(=O)[nH]c3SC3C4CC(C5C(=O)N(C(C)C(=O)O)C(=O)C45)C32)cc1. The molecule has 2 aliphatic carbocycles. The van der Waals surface area contributed by atoms with E-state index in [-0.39, 0.29) is 45.6 Å². The first-order chi connectivity index (χ1) is 19.2. The summed E-state index contributed by atoms with van der Waals surface area (Å²) in [6.45, 7) is 3.93. The monoisotopic (exact) mass is 576 g/mol. The lowest BCUT2D eigenvalue weighted by Crippen LogP contribution is -2.44. The van der Waals surface area contributed by atoms with E-state index in [1.807, 2.05) is 36.4 Å². The van der Waals surface area contributed by atoms with E-state index in [1.54, 1.807) is 11.8 Å². The molecular weight excluding hydrogens is 548 g/mol. The van der Waals surface area contributed by atoms with Gasteiger partial charge in [0.05, 0.1) is 16.9 Å². The number of aromatic amines is 1. The minimum Gasteiger partial charge on any atom is -0.489 e. The Morgan fingerprint density at radius 1 is 1.07 bits per heavy atom. The number of nitrogens with zero attached hydrogens (tertiary/aromatic N) is 1. The molecule has 8 atom stereocenters. The van der Waals surface area contributed by atoms with Gasteiger partial charge in [0.2, 0.25) is 11.8 Å². The lowest BCUT2D eigenvalue weighted by molar-refractivity contribution is -0.154. The van der Waals surface area contributed by atoms with E-state index in [0.29, 0.717) is 6.61 Å². The Morgan fingerprint density at radius 2 is 1.77 bits per heavy atom. The topological polar surface area (TPSA) is 117 Å².